The minimum Gasteiger partial charge on any atom is -0.497 e. The topological polar surface area (TPSA) is 89.8 Å². The molecule has 34 heavy (non-hydrogen) atoms. The molecule has 0 aliphatic rings. The molecule has 3 aromatic carbocycles. The van der Waals surface area contributed by atoms with E-state index in [-0.39, 0.29) is 22.0 Å². The quantitative estimate of drug-likeness (QED) is 0.379. The smallest absolute Gasteiger partial charge is 0.279 e. The molecule has 10 heteroatoms. The number of hydrogen-bond acceptors (Lipinski definition) is 5. The van der Waals surface area contributed by atoms with Crippen LogP contribution < -0.4 is 14.3 Å². The average molecular weight is 498 g/mol. The Morgan fingerprint density at radius 3 is 2.65 bits per heavy atom. The van der Waals surface area contributed by atoms with E-state index in [1.165, 1.54) is 54.8 Å². The highest BCUT2D eigenvalue weighted by Gasteiger charge is 2.16. The van der Waals surface area contributed by atoms with E-state index in [1.54, 1.807) is 41.0 Å². The number of aromatic nitrogens is 1. The number of ether oxygens (including phenoxy) is 1. The highest BCUT2D eigenvalue weighted by atomic mass is 32.2. The molecule has 1 amide bonds. The summed E-state index contributed by atoms with van der Waals surface area (Å²) in [5.74, 6) is -0.407. The number of carbonyl (C=O) groups is 1. The molecule has 1 heterocycles. The Balaban J connectivity index is 1.65. The number of amides is 1. The summed E-state index contributed by atoms with van der Waals surface area (Å²) in [4.78, 5) is 17.6. The van der Waals surface area contributed by atoms with Crippen molar-refractivity contribution in [3.8, 4) is 5.75 Å². The Labute approximate surface area is 199 Å². The van der Waals surface area contributed by atoms with Gasteiger partial charge >= 0.3 is 0 Å². The molecule has 1 aromatic heterocycles. The van der Waals surface area contributed by atoms with Crippen LogP contribution in [0.2, 0.25) is 0 Å². The standard InChI is InChI=1S/C24H20FN3O4S2/c1-3-13-28-21-12-7-17(25)15-22(21)33-24(28)26-23(29)16-5-4-6-18(14-16)27-34(30,31)20-10-8-19(32-2)9-11-20/h3-12,14-15,27H,1,13H2,2H3. The Hall–Kier alpha value is -3.76. The molecule has 0 aliphatic carbocycles. The van der Waals surface area contributed by atoms with E-state index < -0.39 is 15.9 Å². The second kappa shape index (κ2) is 9.62. The lowest BCUT2D eigenvalue weighted by Gasteiger charge is -2.09. The lowest BCUT2D eigenvalue weighted by molar-refractivity contribution is 0.0998. The van der Waals surface area contributed by atoms with E-state index in [0.29, 0.717) is 21.8 Å². The van der Waals surface area contributed by atoms with Gasteiger partial charge in [-0.3, -0.25) is 9.52 Å². The third kappa shape index (κ3) is 4.92. The lowest BCUT2D eigenvalue weighted by Crippen LogP contribution is -2.16. The predicted octanol–water partition coefficient (Wildman–Crippen LogP) is 4.58. The van der Waals surface area contributed by atoms with Crippen LogP contribution in [-0.2, 0) is 16.6 Å². The summed E-state index contributed by atoms with van der Waals surface area (Å²) in [6.45, 7) is 4.12. The zero-order valence-electron chi connectivity index (χ0n) is 18.1. The van der Waals surface area contributed by atoms with E-state index in [9.17, 15) is 17.6 Å². The first-order valence-corrected chi connectivity index (χ1v) is 12.4. The number of carbonyl (C=O) groups excluding carboxylic acids is 1. The van der Waals surface area contributed by atoms with E-state index in [1.807, 2.05) is 0 Å². The van der Waals surface area contributed by atoms with Gasteiger partial charge in [0.25, 0.3) is 15.9 Å². The fraction of sp³-hybridized carbons (Fsp3) is 0.0833. The number of fused-ring (bicyclic) bond motifs is 1. The van der Waals surface area contributed by atoms with Crippen molar-refractivity contribution in [3.63, 3.8) is 0 Å². The third-order valence-corrected chi connectivity index (χ3v) is 7.32. The molecular weight excluding hydrogens is 477 g/mol. The van der Waals surface area contributed by atoms with E-state index in [2.05, 4.69) is 16.3 Å². The van der Waals surface area contributed by atoms with Crippen LogP contribution in [0, 0.1) is 5.82 Å². The molecule has 0 atom stereocenters. The Morgan fingerprint density at radius 1 is 1.18 bits per heavy atom. The van der Waals surface area contributed by atoms with Crippen molar-refractivity contribution in [1.82, 2.24) is 4.57 Å². The average Bonchev–Trinajstić information content (AvgIpc) is 3.15. The molecule has 1 N–H and O–H groups in total. The SMILES string of the molecule is C=CCn1c(=NC(=O)c2cccc(NS(=O)(=O)c3ccc(OC)cc3)c2)sc2cc(F)ccc21. The first-order valence-electron chi connectivity index (χ1n) is 10.1. The molecule has 0 saturated heterocycles. The van der Waals surface area contributed by atoms with Gasteiger partial charge in [-0.2, -0.15) is 4.99 Å². The van der Waals surface area contributed by atoms with E-state index in [4.69, 9.17) is 4.74 Å². The molecule has 0 fully saturated rings. The number of sulfonamides is 1. The second-order valence-electron chi connectivity index (χ2n) is 7.17. The Morgan fingerprint density at radius 2 is 1.94 bits per heavy atom. The summed E-state index contributed by atoms with van der Waals surface area (Å²) in [6.07, 6.45) is 1.66. The predicted molar refractivity (Wildman–Crippen MR) is 130 cm³/mol. The van der Waals surface area contributed by atoms with Crippen molar-refractivity contribution in [3.05, 3.63) is 95.6 Å². The summed E-state index contributed by atoms with van der Waals surface area (Å²) >= 11 is 1.18. The molecule has 0 bridgehead atoms. The molecule has 4 rings (SSSR count). The summed E-state index contributed by atoms with van der Waals surface area (Å²) < 4.78 is 49.0. The molecule has 0 spiro atoms. The van der Waals surface area contributed by atoms with Gasteiger partial charge in [0, 0.05) is 17.8 Å². The van der Waals surface area contributed by atoms with Gasteiger partial charge in [-0.25, -0.2) is 12.8 Å². The third-order valence-electron chi connectivity index (χ3n) is 4.89. The summed E-state index contributed by atoms with van der Waals surface area (Å²) in [5.41, 5.74) is 1.15. The first-order chi connectivity index (χ1) is 16.3. The lowest BCUT2D eigenvalue weighted by atomic mass is 10.2. The summed E-state index contributed by atoms with van der Waals surface area (Å²) in [7, 11) is -2.38. The van der Waals surface area contributed by atoms with Gasteiger partial charge in [0.2, 0.25) is 0 Å². The number of hydrogen-bond donors (Lipinski definition) is 1. The molecule has 0 aliphatic heterocycles. The highest BCUT2D eigenvalue weighted by Crippen LogP contribution is 2.21. The van der Waals surface area contributed by atoms with Gasteiger partial charge in [-0.15, -0.1) is 6.58 Å². The van der Waals surface area contributed by atoms with Crippen LogP contribution in [0.5, 0.6) is 5.75 Å². The van der Waals surface area contributed by atoms with Crippen molar-refractivity contribution >= 4 is 43.2 Å². The van der Waals surface area contributed by atoms with Gasteiger partial charge < -0.3 is 9.30 Å². The number of thiazole rings is 1. The fourth-order valence-corrected chi connectivity index (χ4v) is 5.39. The maximum atomic E-state index is 13.6. The largest absolute Gasteiger partial charge is 0.497 e. The van der Waals surface area contributed by atoms with Crippen LogP contribution in [0.4, 0.5) is 10.1 Å². The van der Waals surface area contributed by atoms with Crippen LogP contribution in [-0.4, -0.2) is 26.0 Å². The minimum atomic E-state index is -3.87. The number of anilines is 1. The van der Waals surface area contributed by atoms with Gasteiger partial charge in [0.05, 0.1) is 22.2 Å². The number of allylic oxidation sites excluding steroid dienone is 1. The fourth-order valence-electron chi connectivity index (χ4n) is 3.27. The number of methoxy groups -OCH3 is 1. The molecule has 174 valence electrons. The highest BCUT2D eigenvalue weighted by molar-refractivity contribution is 7.92. The number of nitrogens with one attached hydrogen (secondary N) is 1. The molecule has 0 radical (unpaired) electrons. The van der Waals surface area contributed by atoms with E-state index in [0.717, 1.165) is 5.52 Å². The van der Waals surface area contributed by atoms with Gasteiger partial charge in [0.15, 0.2) is 4.80 Å². The van der Waals surface area contributed by atoms with E-state index >= 15 is 0 Å². The Bertz CT molecular complexity index is 1560. The molecular formula is C24H20FN3O4S2. The second-order valence-corrected chi connectivity index (χ2v) is 9.87. The number of rotatable bonds is 7. The number of benzene rings is 3. The first kappa shape index (κ1) is 23.4. The zero-order valence-corrected chi connectivity index (χ0v) is 19.7. The van der Waals surface area contributed by atoms with Crippen LogP contribution in [0.25, 0.3) is 10.2 Å². The van der Waals surface area contributed by atoms with Gasteiger partial charge in [-0.05, 0) is 60.7 Å². The van der Waals surface area contributed by atoms with Gasteiger partial charge in [-0.1, -0.05) is 23.5 Å². The van der Waals surface area contributed by atoms with Crippen molar-refractivity contribution < 1.29 is 22.3 Å². The van der Waals surface area contributed by atoms with Crippen molar-refractivity contribution in [2.45, 2.75) is 11.4 Å². The zero-order chi connectivity index (χ0) is 24.3. The summed E-state index contributed by atoms with van der Waals surface area (Å²) in [6, 6.07) is 16.4. The Kier molecular flexibility index (Phi) is 6.62. The molecule has 7 nitrogen and oxygen atoms in total. The van der Waals surface area contributed by atoms with Gasteiger partial charge in [0.1, 0.15) is 11.6 Å². The molecule has 0 unspecified atom stereocenters. The van der Waals surface area contributed by atoms with Crippen molar-refractivity contribution in [2.24, 2.45) is 4.99 Å². The normalized spacial score (nSPS) is 12.0. The number of halogens is 1. The molecule has 0 saturated carbocycles. The maximum Gasteiger partial charge on any atom is 0.279 e. The maximum absolute atomic E-state index is 13.6. The minimum absolute atomic E-state index is 0.0534. The summed E-state index contributed by atoms with van der Waals surface area (Å²) in [5, 5.41) is 0. The van der Waals surface area contributed by atoms with Crippen LogP contribution >= 0.6 is 11.3 Å². The van der Waals surface area contributed by atoms with Crippen LogP contribution in [0.1, 0.15) is 10.4 Å². The monoisotopic (exact) mass is 497 g/mol. The molecule has 4 aromatic rings. The van der Waals surface area contributed by atoms with Crippen LogP contribution in [0.3, 0.4) is 0 Å². The van der Waals surface area contributed by atoms with Crippen molar-refractivity contribution in [1.29, 1.82) is 0 Å². The van der Waals surface area contributed by atoms with Crippen molar-refractivity contribution in [2.75, 3.05) is 11.8 Å². The number of nitrogens with zero attached hydrogens (tertiary/aromatic N) is 2. The van der Waals surface area contributed by atoms with Crippen LogP contribution in [0.15, 0.2) is 89.3 Å².